The Labute approximate surface area is 139 Å². The number of rotatable bonds is 1. The maximum absolute atomic E-state index is 5.97. The van der Waals surface area contributed by atoms with Crippen LogP contribution in [0.3, 0.4) is 0 Å². The molecule has 0 N–H and O–H groups in total. The van der Waals surface area contributed by atoms with Gasteiger partial charge in [-0.25, -0.2) is 0 Å². The van der Waals surface area contributed by atoms with Gasteiger partial charge in [-0.3, -0.25) is 4.98 Å². The molecule has 24 heavy (non-hydrogen) atoms. The van der Waals surface area contributed by atoms with E-state index in [1.165, 1.54) is 27.5 Å². The molecule has 5 aromatic rings. The van der Waals surface area contributed by atoms with Gasteiger partial charge in [0.05, 0.1) is 5.52 Å². The topological polar surface area (TPSA) is 26.0 Å². The minimum Gasteiger partial charge on any atom is -0.456 e. The maximum atomic E-state index is 5.97. The molecule has 0 bridgehead atoms. The van der Waals surface area contributed by atoms with E-state index in [4.69, 9.17) is 4.42 Å². The number of benzene rings is 3. The van der Waals surface area contributed by atoms with Crippen molar-refractivity contribution in [3.63, 3.8) is 0 Å². The average Bonchev–Trinajstić information content (AvgIpc) is 2.98. The summed E-state index contributed by atoms with van der Waals surface area (Å²) in [7, 11) is 0. The van der Waals surface area contributed by atoms with Crippen molar-refractivity contribution in [3.05, 3.63) is 78.5 Å². The second kappa shape index (κ2) is 4.93. The summed E-state index contributed by atoms with van der Waals surface area (Å²) in [4.78, 5) is 4.46. The van der Waals surface area contributed by atoms with Crippen LogP contribution in [0.25, 0.3) is 44.0 Å². The summed E-state index contributed by atoms with van der Waals surface area (Å²) in [6, 6.07) is 23.1. The van der Waals surface area contributed by atoms with Gasteiger partial charge in [-0.15, -0.1) is 0 Å². The van der Waals surface area contributed by atoms with E-state index in [0.29, 0.717) is 0 Å². The predicted molar refractivity (Wildman–Crippen MR) is 99.2 cm³/mol. The molecule has 3 aromatic carbocycles. The molecule has 2 heterocycles. The Hall–Kier alpha value is -3.13. The first-order chi connectivity index (χ1) is 11.8. The average molecular weight is 309 g/mol. The Kier molecular flexibility index (Phi) is 2.74. The van der Waals surface area contributed by atoms with Crippen LogP contribution in [-0.2, 0) is 0 Å². The predicted octanol–water partition coefficient (Wildman–Crippen LogP) is 6.11. The molecule has 0 aliphatic rings. The molecule has 0 saturated heterocycles. The fourth-order valence-electron chi connectivity index (χ4n) is 3.41. The third kappa shape index (κ3) is 1.93. The Morgan fingerprint density at radius 3 is 2.46 bits per heavy atom. The van der Waals surface area contributed by atoms with Gasteiger partial charge in [-0.1, -0.05) is 35.9 Å². The highest BCUT2D eigenvalue weighted by Gasteiger charge is 2.10. The summed E-state index contributed by atoms with van der Waals surface area (Å²) in [6.07, 6.45) is 1.87. The molecule has 0 aliphatic heterocycles. The number of para-hydroxylation sites is 1. The molecule has 2 heteroatoms. The quantitative estimate of drug-likeness (QED) is 0.373. The number of nitrogens with zero attached hydrogens (tertiary/aromatic N) is 1. The van der Waals surface area contributed by atoms with Crippen molar-refractivity contribution < 1.29 is 4.42 Å². The normalized spacial score (nSPS) is 11.5. The molecule has 2 aromatic heterocycles. The lowest BCUT2D eigenvalue weighted by Gasteiger charge is -2.06. The minimum atomic E-state index is 0.928. The van der Waals surface area contributed by atoms with Gasteiger partial charge in [0, 0.05) is 22.4 Å². The van der Waals surface area contributed by atoms with Crippen LogP contribution in [0, 0.1) is 6.92 Å². The number of furan rings is 1. The van der Waals surface area contributed by atoms with E-state index in [9.17, 15) is 0 Å². The van der Waals surface area contributed by atoms with Crippen LogP contribution in [0.5, 0.6) is 0 Å². The van der Waals surface area contributed by atoms with Crippen molar-refractivity contribution in [2.24, 2.45) is 0 Å². The summed E-state index contributed by atoms with van der Waals surface area (Å²) in [5.41, 5.74) is 6.51. The lowest BCUT2D eigenvalue weighted by molar-refractivity contribution is 0.669. The number of pyridine rings is 1. The molecule has 0 saturated carbocycles. The zero-order chi connectivity index (χ0) is 16.1. The van der Waals surface area contributed by atoms with Crippen molar-refractivity contribution in [2.75, 3.05) is 0 Å². The first-order valence-electron chi connectivity index (χ1n) is 8.07. The van der Waals surface area contributed by atoms with E-state index in [0.717, 1.165) is 22.1 Å². The third-order valence-corrected chi connectivity index (χ3v) is 4.58. The molecular formula is C22H15NO. The summed E-state index contributed by atoms with van der Waals surface area (Å²) < 4.78 is 5.97. The number of hydrogen-bond donors (Lipinski definition) is 0. The lowest BCUT2D eigenvalue weighted by atomic mass is 9.99. The SMILES string of the molecule is Cc1ccc2oc3ccc(-c4ccnc5ccccc45)cc3c2c1. The van der Waals surface area contributed by atoms with Gasteiger partial charge in [0.2, 0.25) is 0 Å². The van der Waals surface area contributed by atoms with Gasteiger partial charge in [0.25, 0.3) is 0 Å². The zero-order valence-corrected chi connectivity index (χ0v) is 13.3. The Morgan fingerprint density at radius 1 is 0.750 bits per heavy atom. The number of hydrogen-bond acceptors (Lipinski definition) is 2. The monoisotopic (exact) mass is 309 g/mol. The molecule has 114 valence electrons. The lowest BCUT2D eigenvalue weighted by Crippen LogP contribution is -1.84. The Balaban J connectivity index is 1.83. The highest BCUT2D eigenvalue weighted by atomic mass is 16.3. The van der Waals surface area contributed by atoms with Crippen LogP contribution in [0.4, 0.5) is 0 Å². The van der Waals surface area contributed by atoms with Crippen LogP contribution < -0.4 is 0 Å². The second-order valence-corrected chi connectivity index (χ2v) is 6.19. The number of fused-ring (bicyclic) bond motifs is 4. The Morgan fingerprint density at radius 2 is 1.54 bits per heavy atom. The van der Waals surface area contributed by atoms with Gasteiger partial charge in [0.15, 0.2) is 0 Å². The van der Waals surface area contributed by atoms with Crippen molar-refractivity contribution in [1.82, 2.24) is 4.98 Å². The van der Waals surface area contributed by atoms with E-state index in [2.05, 4.69) is 60.4 Å². The van der Waals surface area contributed by atoms with Crippen LogP contribution in [-0.4, -0.2) is 4.98 Å². The molecule has 0 radical (unpaired) electrons. The van der Waals surface area contributed by atoms with E-state index in [-0.39, 0.29) is 0 Å². The van der Waals surface area contributed by atoms with E-state index < -0.39 is 0 Å². The largest absolute Gasteiger partial charge is 0.456 e. The first kappa shape index (κ1) is 13.3. The van der Waals surface area contributed by atoms with Crippen LogP contribution in [0.15, 0.2) is 77.3 Å². The molecular weight excluding hydrogens is 294 g/mol. The summed E-state index contributed by atoms with van der Waals surface area (Å²) in [5.74, 6) is 0. The highest BCUT2D eigenvalue weighted by Crippen LogP contribution is 2.34. The molecule has 0 spiro atoms. The Bertz CT molecular complexity index is 1210. The molecule has 5 rings (SSSR count). The molecule has 0 atom stereocenters. The number of aromatic nitrogens is 1. The summed E-state index contributed by atoms with van der Waals surface area (Å²) in [6.45, 7) is 2.11. The minimum absolute atomic E-state index is 0.928. The maximum Gasteiger partial charge on any atom is 0.135 e. The van der Waals surface area contributed by atoms with Crippen molar-refractivity contribution in [2.45, 2.75) is 6.92 Å². The molecule has 0 unspecified atom stereocenters. The molecule has 0 amide bonds. The summed E-state index contributed by atoms with van der Waals surface area (Å²) in [5, 5.41) is 3.50. The second-order valence-electron chi connectivity index (χ2n) is 6.19. The molecule has 2 nitrogen and oxygen atoms in total. The van der Waals surface area contributed by atoms with Crippen molar-refractivity contribution in [1.29, 1.82) is 0 Å². The van der Waals surface area contributed by atoms with E-state index in [1.54, 1.807) is 0 Å². The van der Waals surface area contributed by atoms with Crippen LogP contribution in [0.2, 0.25) is 0 Å². The van der Waals surface area contributed by atoms with Crippen LogP contribution >= 0.6 is 0 Å². The van der Waals surface area contributed by atoms with Gasteiger partial charge in [0.1, 0.15) is 11.2 Å². The van der Waals surface area contributed by atoms with Gasteiger partial charge < -0.3 is 4.42 Å². The van der Waals surface area contributed by atoms with Crippen molar-refractivity contribution in [3.8, 4) is 11.1 Å². The smallest absolute Gasteiger partial charge is 0.135 e. The fraction of sp³-hybridized carbons (Fsp3) is 0.0455. The van der Waals surface area contributed by atoms with E-state index >= 15 is 0 Å². The molecule has 0 fully saturated rings. The van der Waals surface area contributed by atoms with Crippen LogP contribution in [0.1, 0.15) is 5.56 Å². The summed E-state index contributed by atoms with van der Waals surface area (Å²) >= 11 is 0. The standard InChI is InChI=1S/C22H15NO/c1-14-6-8-21-18(12-14)19-13-15(7-9-22(19)24-21)16-10-11-23-20-5-3-2-4-17(16)20/h2-13H,1H3. The van der Waals surface area contributed by atoms with Gasteiger partial charge in [-0.2, -0.15) is 0 Å². The van der Waals surface area contributed by atoms with Gasteiger partial charge in [-0.05, 0) is 54.4 Å². The third-order valence-electron chi connectivity index (χ3n) is 4.58. The molecule has 0 aliphatic carbocycles. The first-order valence-corrected chi connectivity index (χ1v) is 8.07. The number of aryl methyl sites for hydroxylation is 1. The highest BCUT2D eigenvalue weighted by molar-refractivity contribution is 6.07. The van der Waals surface area contributed by atoms with Crippen molar-refractivity contribution >= 4 is 32.8 Å². The van der Waals surface area contributed by atoms with Gasteiger partial charge >= 0.3 is 0 Å². The zero-order valence-electron chi connectivity index (χ0n) is 13.3. The van der Waals surface area contributed by atoms with E-state index in [1.807, 2.05) is 24.4 Å². The fourth-order valence-corrected chi connectivity index (χ4v) is 3.41.